The molecular weight excluding hydrogens is 432 g/mol. The zero-order valence-corrected chi connectivity index (χ0v) is 19.3. The molecule has 3 amide bonds. The predicted molar refractivity (Wildman–Crippen MR) is 123 cm³/mol. The van der Waals surface area contributed by atoms with E-state index in [-0.39, 0.29) is 11.4 Å². The molecule has 0 radical (unpaired) electrons. The topological polar surface area (TPSA) is 94.2 Å². The third-order valence-electron chi connectivity index (χ3n) is 4.82. The highest BCUT2D eigenvalue weighted by molar-refractivity contribution is 8.18. The minimum atomic E-state index is -0.537. The average Bonchev–Trinajstić information content (AvgIpc) is 3.02. The molecule has 8 nitrogen and oxygen atoms in total. The van der Waals surface area contributed by atoms with Crippen LogP contribution in [-0.2, 0) is 9.59 Å². The van der Waals surface area contributed by atoms with Gasteiger partial charge in [-0.3, -0.25) is 19.3 Å². The number of aryl methyl sites for hydroxylation is 2. The molecule has 1 aliphatic rings. The number of benzene rings is 2. The van der Waals surface area contributed by atoms with Crippen LogP contribution in [0.2, 0.25) is 0 Å². The largest absolute Gasteiger partial charge is 0.493 e. The van der Waals surface area contributed by atoms with Crippen LogP contribution in [0.5, 0.6) is 17.2 Å². The first-order chi connectivity index (χ1) is 15.3. The molecule has 0 unspecified atom stereocenters. The van der Waals surface area contributed by atoms with Gasteiger partial charge in [-0.1, -0.05) is 17.7 Å². The summed E-state index contributed by atoms with van der Waals surface area (Å²) in [4.78, 5) is 38.8. The lowest BCUT2D eigenvalue weighted by Crippen LogP contribution is -2.36. The molecule has 32 heavy (non-hydrogen) atoms. The number of hydrogen-bond acceptors (Lipinski definition) is 7. The molecule has 0 aliphatic carbocycles. The zero-order valence-electron chi connectivity index (χ0n) is 18.5. The van der Waals surface area contributed by atoms with E-state index in [9.17, 15) is 14.4 Å². The number of hydrogen-bond donors (Lipinski definition) is 1. The van der Waals surface area contributed by atoms with Crippen LogP contribution >= 0.6 is 11.8 Å². The van der Waals surface area contributed by atoms with Crippen molar-refractivity contribution >= 4 is 40.6 Å². The number of nitrogens with one attached hydrogen (secondary N) is 1. The average molecular weight is 457 g/mol. The smallest absolute Gasteiger partial charge is 0.294 e. The van der Waals surface area contributed by atoms with E-state index in [1.807, 2.05) is 26.0 Å². The Morgan fingerprint density at radius 1 is 1.03 bits per heavy atom. The van der Waals surface area contributed by atoms with E-state index >= 15 is 0 Å². The van der Waals surface area contributed by atoms with Gasteiger partial charge < -0.3 is 19.5 Å². The molecule has 0 spiro atoms. The lowest BCUT2D eigenvalue weighted by Gasteiger charge is -2.14. The summed E-state index contributed by atoms with van der Waals surface area (Å²) in [6, 6.07) is 8.95. The molecule has 1 saturated heterocycles. The van der Waals surface area contributed by atoms with Crippen LogP contribution in [0.1, 0.15) is 16.7 Å². The molecule has 0 bridgehead atoms. The summed E-state index contributed by atoms with van der Waals surface area (Å²) < 4.78 is 15.9. The van der Waals surface area contributed by atoms with Crippen molar-refractivity contribution in [3.05, 3.63) is 51.9 Å². The summed E-state index contributed by atoms with van der Waals surface area (Å²) >= 11 is 0.773. The fraction of sp³-hybridized carbons (Fsp3) is 0.261. The Kier molecular flexibility index (Phi) is 7.09. The summed E-state index contributed by atoms with van der Waals surface area (Å²) in [6.07, 6.45) is 1.55. The van der Waals surface area contributed by atoms with E-state index in [0.717, 1.165) is 27.8 Å². The highest BCUT2D eigenvalue weighted by Gasteiger charge is 2.36. The summed E-state index contributed by atoms with van der Waals surface area (Å²) in [5.74, 6) is 0.275. The number of thioether (sulfide) groups is 1. The lowest BCUT2D eigenvalue weighted by molar-refractivity contribution is -0.127. The van der Waals surface area contributed by atoms with Crippen LogP contribution in [0.15, 0.2) is 35.2 Å². The molecule has 168 valence electrons. The fourth-order valence-electron chi connectivity index (χ4n) is 3.26. The van der Waals surface area contributed by atoms with Crippen molar-refractivity contribution in [2.45, 2.75) is 13.8 Å². The van der Waals surface area contributed by atoms with Gasteiger partial charge in [0.2, 0.25) is 11.7 Å². The maximum atomic E-state index is 12.8. The van der Waals surface area contributed by atoms with Crippen LogP contribution < -0.4 is 19.5 Å². The van der Waals surface area contributed by atoms with Crippen molar-refractivity contribution in [1.29, 1.82) is 0 Å². The number of nitrogens with zero attached hydrogens (tertiary/aromatic N) is 1. The van der Waals surface area contributed by atoms with E-state index in [2.05, 4.69) is 5.32 Å². The lowest BCUT2D eigenvalue weighted by atomic mass is 10.1. The van der Waals surface area contributed by atoms with Crippen LogP contribution in [0.3, 0.4) is 0 Å². The standard InChI is InChI=1S/C23H24N2O6S/c1-13-6-7-16(14(2)8-13)24-20(26)12-25-22(27)19(32-23(25)28)11-15-9-17(29-3)21(31-5)18(10-15)30-4/h6-11H,12H2,1-5H3,(H,24,26)/b19-11+. The van der Waals surface area contributed by atoms with Gasteiger partial charge in [0, 0.05) is 5.69 Å². The highest BCUT2D eigenvalue weighted by atomic mass is 32.2. The molecule has 2 aromatic carbocycles. The molecule has 3 rings (SSSR count). The summed E-state index contributed by atoms with van der Waals surface area (Å²) in [7, 11) is 4.47. The molecule has 1 N–H and O–H groups in total. The third kappa shape index (κ3) is 4.88. The van der Waals surface area contributed by atoms with Crippen molar-refractivity contribution in [2.24, 2.45) is 0 Å². The number of amides is 3. The number of methoxy groups -OCH3 is 3. The number of rotatable bonds is 7. The van der Waals surface area contributed by atoms with Crippen LogP contribution in [-0.4, -0.2) is 49.8 Å². The van der Waals surface area contributed by atoms with Gasteiger partial charge in [-0.2, -0.15) is 0 Å². The van der Waals surface area contributed by atoms with Gasteiger partial charge in [-0.25, -0.2) is 0 Å². The SMILES string of the molecule is COc1cc(/C=C2/SC(=O)N(CC(=O)Nc3ccc(C)cc3C)C2=O)cc(OC)c1OC. The monoisotopic (exact) mass is 456 g/mol. The molecule has 9 heteroatoms. The quantitative estimate of drug-likeness (QED) is 0.629. The van der Waals surface area contributed by atoms with Crippen LogP contribution in [0, 0.1) is 13.8 Å². The minimum Gasteiger partial charge on any atom is -0.493 e. The van der Waals surface area contributed by atoms with Crippen molar-refractivity contribution in [3.8, 4) is 17.2 Å². The van der Waals surface area contributed by atoms with Gasteiger partial charge in [0.1, 0.15) is 6.54 Å². The van der Waals surface area contributed by atoms with Crippen molar-refractivity contribution < 1.29 is 28.6 Å². The Balaban J connectivity index is 1.78. The van der Waals surface area contributed by atoms with E-state index in [1.54, 1.807) is 24.3 Å². The Morgan fingerprint density at radius 2 is 1.69 bits per heavy atom. The molecule has 0 saturated carbocycles. The van der Waals surface area contributed by atoms with Gasteiger partial charge in [-0.15, -0.1) is 0 Å². The van der Waals surface area contributed by atoms with E-state index in [4.69, 9.17) is 14.2 Å². The normalized spacial score (nSPS) is 14.7. The Labute approximate surface area is 190 Å². The van der Waals surface area contributed by atoms with Gasteiger partial charge >= 0.3 is 0 Å². The maximum Gasteiger partial charge on any atom is 0.294 e. The Bertz CT molecular complexity index is 1090. The second-order valence-corrected chi connectivity index (χ2v) is 8.09. The maximum absolute atomic E-state index is 12.8. The number of carbonyl (C=O) groups excluding carboxylic acids is 3. The van der Waals surface area contributed by atoms with Crippen molar-refractivity contribution in [1.82, 2.24) is 4.90 Å². The van der Waals surface area contributed by atoms with E-state index in [0.29, 0.717) is 28.5 Å². The molecular formula is C23H24N2O6S. The fourth-order valence-corrected chi connectivity index (χ4v) is 4.10. The number of carbonyl (C=O) groups is 3. The second-order valence-electron chi connectivity index (χ2n) is 7.09. The van der Waals surface area contributed by atoms with Crippen molar-refractivity contribution in [2.75, 3.05) is 33.2 Å². The van der Waals surface area contributed by atoms with Gasteiger partial charge in [0.25, 0.3) is 11.1 Å². The first-order valence-electron chi connectivity index (χ1n) is 9.69. The highest BCUT2D eigenvalue weighted by Crippen LogP contribution is 2.40. The van der Waals surface area contributed by atoms with Gasteiger partial charge in [-0.05, 0) is 61.0 Å². The molecule has 1 aliphatic heterocycles. The summed E-state index contributed by atoms with van der Waals surface area (Å²) in [5, 5.41) is 2.24. The number of imide groups is 1. The van der Waals surface area contributed by atoms with Gasteiger partial charge in [0.15, 0.2) is 11.5 Å². The Morgan fingerprint density at radius 3 is 2.25 bits per heavy atom. The molecule has 1 heterocycles. The summed E-state index contributed by atoms with van der Waals surface area (Å²) in [6.45, 7) is 3.46. The third-order valence-corrected chi connectivity index (χ3v) is 5.72. The van der Waals surface area contributed by atoms with E-state index in [1.165, 1.54) is 21.3 Å². The predicted octanol–water partition coefficient (Wildman–Crippen LogP) is 4.00. The van der Waals surface area contributed by atoms with E-state index < -0.39 is 17.1 Å². The first kappa shape index (κ1) is 23.2. The summed E-state index contributed by atoms with van der Waals surface area (Å²) in [5.41, 5.74) is 3.20. The first-order valence-corrected chi connectivity index (χ1v) is 10.5. The zero-order chi connectivity index (χ0) is 23.4. The van der Waals surface area contributed by atoms with Gasteiger partial charge in [0.05, 0.1) is 26.2 Å². The second kappa shape index (κ2) is 9.78. The number of ether oxygens (including phenoxy) is 3. The van der Waals surface area contributed by atoms with Crippen molar-refractivity contribution in [3.63, 3.8) is 0 Å². The number of anilines is 1. The Hall–Kier alpha value is -3.46. The molecule has 2 aromatic rings. The van der Waals surface area contributed by atoms with Crippen LogP contribution in [0.4, 0.5) is 10.5 Å². The molecule has 1 fully saturated rings. The van der Waals surface area contributed by atoms with Crippen LogP contribution in [0.25, 0.3) is 6.08 Å². The molecule has 0 atom stereocenters. The molecule has 0 aromatic heterocycles. The minimum absolute atomic E-state index is 0.198.